The predicted molar refractivity (Wildman–Crippen MR) is 82.1 cm³/mol. The van der Waals surface area contributed by atoms with Crippen LogP contribution < -0.4 is 15.2 Å². The number of nitrogens with zero attached hydrogens (tertiary/aromatic N) is 1. The molecule has 20 heavy (non-hydrogen) atoms. The molecule has 1 unspecified atom stereocenters. The molecule has 106 valence electrons. The molecule has 1 heterocycles. The van der Waals surface area contributed by atoms with Crippen molar-refractivity contribution in [2.75, 3.05) is 14.2 Å². The number of nitrogens with two attached hydrogens (primary N) is 1. The van der Waals surface area contributed by atoms with Crippen LogP contribution in [0.1, 0.15) is 17.2 Å². The smallest absolute Gasteiger partial charge is 0.217 e. The summed E-state index contributed by atoms with van der Waals surface area (Å²) in [6.07, 6.45) is 2.39. The Morgan fingerprint density at radius 3 is 2.70 bits per heavy atom. The van der Waals surface area contributed by atoms with Gasteiger partial charge in [-0.3, -0.25) is 0 Å². The summed E-state index contributed by atoms with van der Waals surface area (Å²) in [6.45, 7) is 0. The van der Waals surface area contributed by atoms with Crippen molar-refractivity contribution in [1.82, 2.24) is 4.98 Å². The maximum absolute atomic E-state index is 6.26. The van der Waals surface area contributed by atoms with Gasteiger partial charge in [-0.05, 0) is 46.1 Å². The first-order valence-corrected chi connectivity index (χ1v) is 7.02. The lowest BCUT2D eigenvalue weighted by atomic mass is 10.0. The van der Waals surface area contributed by atoms with E-state index in [-0.39, 0.29) is 6.04 Å². The van der Waals surface area contributed by atoms with Crippen LogP contribution in [0.4, 0.5) is 0 Å². The number of methoxy groups -OCH3 is 2. The van der Waals surface area contributed by atoms with Gasteiger partial charge in [-0.1, -0.05) is 12.1 Å². The Hall–Kier alpha value is -1.59. The quantitative estimate of drug-likeness (QED) is 0.911. The van der Waals surface area contributed by atoms with Crippen molar-refractivity contribution < 1.29 is 9.47 Å². The molecule has 0 saturated heterocycles. The molecule has 1 aromatic heterocycles. The molecule has 0 saturated carbocycles. The maximum Gasteiger partial charge on any atom is 0.217 e. The Balaban J connectivity index is 2.19. The Bertz CT molecular complexity index is 590. The first-order valence-electron chi connectivity index (χ1n) is 6.22. The highest BCUT2D eigenvalue weighted by Gasteiger charge is 2.14. The number of halogens is 1. The van der Waals surface area contributed by atoms with Gasteiger partial charge in [-0.2, -0.15) is 0 Å². The summed E-state index contributed by atoms with van der Waals surface area (Å²) in [7, 11) is 3.24. The Labute approximate surface area is 127 Å². The van der Waals surface area contributed by atoms with Crippen LogP contribution in [0.3, 0.4) is 0 Å². The fourth-order valence-corrected chi connectivity index (χ4v) is 2.64. The van der Waals surface area contributed by atoms with Crippen molar-refractivity contribution in [2.45, 2.75) is 12.5 Å². The van der Waals surface area contributed by atoms with Gasteiger partial charge in [0.25, 0.3) is 0 Å². The minimum atomic E-state index is -0.168. The van der Waals surface area contributed by atoms with Crippen molar-refractivity contribution in [3.05, 3.63) is 52.1 Å². The van der Waals surface area contributed by atoms with E-state index in [4.69, 9.17) is 15.2 Å². The second-order valence-corrected chi connectivity index (χ2v) is 5.24. The molecule has 1 aromatic carbocycles. The molecule has 0 spiro atoms. The monoisotopic (exact) mass is 336 g/mol. The molecule has 2 N–H and O–H groups in total. The molecule has 0 amide bonds. The van der Waals surface area contributed by atoms with E-state index in [2.05, 4.69) is 20.9 Å². The fourth-order valence-electron chi connectivity index (χ4n) is 2.06. The number of pyridine rings is 1. The van der Waals surface area contributed by atoms with Gasteiger partial charge in [0.1, 0.15) is 5.75 Å². The van der Waals surface area contributed by atoms with Crippen LogP contribution in [0.15, 0.2) is 41.0 Å². The van der Waals surface area contributed by atoms with E-state index in [1.807, 2.05) is 30.3 Å². The number of rotatable bonds is 5. The highest BCUT2D eigenvalue weighted by molar-refractivity contribution is 9.10. The summed E-state index contributed by atoms with van der Waals surface area (Å²) in [5.74, 6) is 1.38. The summed E-state index contributed by atoms with van der Waals surface area (Å²) < 4.78 is 11.4. The number of benzene rings is 1. The molecular weight excluding hydrogens is 320 g/mol. The van der Waals surface area contributed by atoms with Gasteiger partial charge in [0.05, 0.1) is 18.7 Å². The van der Waals surface area contributed by atoms with Gasteiger partial charge >= 0.3 is 0 Å². The molecule has 0 fully saturated rings. The van der Waals surface area contributed by atoms with E-state index < -0.39 is 0 Å². The van der Waals surface area contributed by atoms with Crippen LogP contribution in [0.25, 0.3) is 0 Å². The third kappa shape index (κ3) is 3.29. The topological polar surface area (TPSA) is 57.4 Å². The van der Waals surface area contributed by atoms with Gasteiger partial charge in [-0.15, -0.1) is 0 Å². The summed E-state index contributed by atoms with van der Waals surface area (Å²) >= 11 is 3.48. The number of hydrogen-bond donors (Lipinski definition) is 1. The van der Waals surface area contributed by atoms with Crippen LogP contribution in [0, 0.1) is 0 Å². The predicted octanol–water partition coefficient (Wildman–Crippen LogP) is 3.10. The molecule has 0 aliphatic rings. The van der Waals surface area contributed by atoms with E-state index in [9.17, 15) is 0 Å². The Morgan fingerprint density at radius 1 is 1.25 bits per heavy atom. The van der Waals surface area contributed by atoms with Crippen LogP contribution in [-0.4, -0.2) is 19.2 Å². The zero-order valence-electron chi connectivity index (χ0n) is 11.5. The molecular formula is C15H17BrN2O2. The first-order chi connectivity index (χ1) is 9.65. The zero-order valence-corrected chi connectivity index (χ0v) is 13.1. The fraction of sp³-hybridized carbons (Fsp3) is 0.267. The third-order valence-corrected chi connectivity index (χ3v) is 3.68. The molecule has 2 rings (SSSR count). The minimum Gasteiger partial charge on any atom is -0.496 e. The Kier molecular flexibility index (Phi) is 4.98. The van der Waals surface area contributed by atoms with Gasteiger partial charge in [0.15, 0.2) is 0 Å². The van der Waals surface area contributed by atoms with E-state index in [1.54, 1.807) is 20.4 Å². The highest BCUT2D eigenvalue weighted by atomic mass is 79.9. The molecule has 0 aliphatic carbocycles. The summed E-state index contributed by atoms with van der Waals surface area (Å²) in [4.78, 5) is 4.17. The van der Waals surface area contributed by atoms with Crippen molar-refractivity contribution >= 4 is 15.9 Å². The van der Waals surface area contributed by atoms with Crippen LogP contribution in [0.5, 0.6) is 11.6 Å². The van der Waals surface area contributed by atoms with Crippen molar-refractivity contribution in [3.8, 4) is 11.6 Å². The molecule has 0 aliphatic heterocycles. The lowest BCUT2D eigenvalue weighted by molar-refractivity contribution is 0.388. The largest absolute Gasteiger partial charge is 0.496 e. The molecule has 2 aromatic rings. The molecule has 0 bridgehead atoms. The normalized spacial score (nSPS) is 12.0. The zero-order chi connectivity index (χ0) is 14.5. The standard InChI is InChI=1S/C15H17BrN2O2/c1-19-14-6-5-10(8-12(14)16)9-13(17)11-4-3-7-18-15(11)20-2/h3-8,13H,9,17H2,1-2H3. The van der Waals surface area contributed by atoms with Gasteiger partial charge in [-0.25, -0.2) is 4.98 Å². The highest BCUT2D eigenvalue weighted by Crippen LogP contribution is 2.28. The third-order valence-electron chi connectivity index (χ3n) is 3.07. The van der Waals surface area contributed by atoms with Crippen LogP contribution in [-0.2, 0) is 6.42 Å². The summed E-state index contributed by atoms with van der Waals surface area (Å²) in [5, 5.41) is 0. The molecule has 0 radical (unpaired) electrons. The average Bonchev–Trinajstić information content (AvgIpc) is 2.47. The van der Waals surface area contributed by atoms with E-state index in [0.717, 1.165) is 21.3 Å². The molecule has 1 atom stereocenters. The minimum absolute atomic E-state index is 0.168. The summed E-state index contributed by atoms with van der Waals surface area (Å²) in [6, 6.07) is 9.58. The van der Waals surface area contributed by atoms with Crippen LogP contribution >= 0.6 is 15.9 Å². The van der Waals surface area contributed by atoms with Crippen molar-refractivity contribution in [2.24, 2.45) is 5.73 Å². The van der Waals surface area contributed by atoms with Crippen molar-refractivity contribution in [1.29, 1.82) is 0 Å². The lowest BCUT2D eigenvalue weighted by Crippen LogP contribution is -2.15. The maximum atomic E-state index is 6.26. The van der Waals surface area contributed by atoms with Crippen LogP contribution in [0.2, 0.25) is 0 Å². The van der Waals surface area contributed by atoms with Gasteiger partial charge in [0, 0.05) is 17.8 Å². The summed E-state index contributed by atoms with van der Waals surface area (Å²) in [5.41, 5.74) is 8.28. The van der Waals surface area contributed by atoms with E-state index in [1.165, 1.54) is 0 Å². The second-order valence-electron chi connectivity index (χ2n) is 4.38. The molecule has 4 nitrogen and oxygen atoms in total. The van der Waals surface area contributed by atoms with Gasteiger partial charge < -0.3 is 15.2 Å². The number of ether oxygens (including phenoxy) is 2. The first kappa shape index (κ1) is 14.8. The Morgan fingerprint density at radius 2 is 2.05 bits per heavy atom. The average molecular weight is 337 g/mol. The van der Waals surface area contributed by atoms with Gasteiger partial charge in [0.2, 0.25) is 5.88 Å². The molecule has 5 heteroatoms. The second kappa shape index (κ2) is 6.72. The SMILES string of the molecule is COc1ccc(CC(N)c2cccnc2OC)cc1Br. The number of hydrogen-bond acceptors (Lipinski definition) is 4. The number of aromatic nitrogens is 1. The van der Waals surface area contributed by atoms with E-state index >= 15 is 0 Å². The van der Waals surface area contributed by atoms with Crippen molar-refractivity contribution in [3.63, 3.8) is 0 Å². The lowest BCUT2D eigenvalue weighted by Gasteiger charge is -2.15. The van der Waals surface area contributed by atoms with E-state index in [0.29, 0.717) is 12.3 Å².